The number of hydrogen-bond acceptors (Lipinski definition) is 4. The van der Waals surface area contributed by atoms with Crippen LogP contribution in [-0.2, 0) is 9.47 Å². The Morgan fingerprint density at radius 1 is 1.50 bits per heavy atom. The molecular formula is C12H26N2O2. The third-order valence-corrected chi connectivity index (χ3v) is 2.37. The van der Waals surface area contributed by atoms with Crippen LogP contribution in [0.4, 0.5) is 0 Å². The second kappa shape index (κ2) is 9.78. The van der Waals surface area contributed by atoms with Gasteiger partial charge in [-0.2, -0.15) is 0 Å². The smallest absolute Gasteiger partial charge is 0.0672 e. The zero-order valence-corrected chi connectivity index (χ0v) is 10.8. The first-order valence-electron chi connectivity index (χ1n) is 5.76. The maximum Gasteiger partial charge on any atom is 0.0672 e. The molecule has 0 rings (SSSR count). The van der Waals surface area contributed by atoms with Gasteiger partial charge in [-0.25, -0.2) is 0 Å². The predicted molar refractivity (Wildman–Crippen MR) is 67.5 cm³/mol. The molecule has 96 valence electrons. The number of rotatable bonds is 10. The Balaban J connectivity index is 3.58. The second-order valence-corrected chi connectivity index (χ2v) is 4.24. The molecule has 0 aromatic carbocycles. The maximum absolute atomic E-state index is 5.69. The summed E-state index contributed by atoms with van der Waals surface area (Å²) in [7, 11) is 1.71. The monoisotopic (exact) mass is 230 g/mol. The third kappa shape index (κ3) is 7.82. The van der Waals surface area contributed by atoms with Gasteiger partial charge in [-0.1, -0.05) is 19.1 Å². The summed E-state index contributed by atoms with van der Waals surface area (Å²) < 4.78 is 10.5. The molecule has 0 aliphatic rings. The number of nitrogens with two attached hydrogens (primary N) is 1. The van der Waals surface area contributed by atoms with Crippen LogP contribution in [0.1, 0.15) is 13.8 Å². The lowest BCUT2D eigenvalue weighted by Crippen LogP contribution is -2.44. The van der Waals surface area contributed by atoms with Crippen molar-refractivity contribution in [3.05, 3.63) is 12.2 Å². The van der Waals surface area contributed by atoms with E-state index in [1.165, 1.54) is 0 Å². The second-order valence-electron chi connectivity index (χ2n) is 4.24. The van der Waals surface area contributed by atoms with E-state index in [0.717, 1.165) is 18.7 Å². The highest BCUT2D eigenvalue weighted by Crippen LogP contribution is 2.01. The molecule has 0 aromatic rings. The van der Waals surface area contributed by atoms with Crippen molar-refractivity contribution in [2.75, 3.05) is 40.0 Å². The standard InChI is InChI=1S/C12H26N2O2/c1-10(2)8-16-6-5-14-12(7-13)11(3)9-15-4/h11-12,14H,1,5-9,13H2,2-4H3. The normalized spacial score (nSPS) is 14.8. The Morgan fingerprint density at radius 2 is 2.19 bits per heavy atom. The van der Waals surface area contributed by atoms with Gasteiger partial charge in [0.15, 0.2) is 0 Å². The van der Waals surface area contributed by atoms with Gasteiger partial charge in [-0.3, -0.25) is 0 Å². The Bertz CT molecular complexity index is 186. The van der Waals surface area contributed by atoms with E-state index in [0.29, 0.717) is 25.7 Å². The van der Waals surface area contributed by atoms with Gasteiger partial charge < -0.3 is 20.5 Å². The molecule has 0 fully saturated rings. The molecule has 0 radical (unpaired) electrons. The molecule has 4 nitrogen and oxygen atoms in total. The van der Waals surface area contributed by atoms with Crippen LogP contribution in [0.25, 0.3) is 0 Å². The molecule has 0 bridgehead atoms. The third-order valence-electron chi connectivity index (χ3n) is 2.37. The van der Waals surface area contributed by atoms with Crippen molar-refractivity contribution in [3.8, 4) is 0 Å². The highest BCUT2D eigenvalue weighted by molar-refractivity contribution is 4.87. The highest BCUT2D eigenvalue weighted by Gasteiger charge is 2.14. The van der Waals surface area contributed by atoms with E-state index in [9.17, 15) is 0 Å². The summed E-state index contributed by atoms with van der Waals surface area (Å²) in [5.41, 5.74) is 6.74. The fourth-order valence-corrected chi connectivity index (χ4v) is 1.46. The zero-order valence-electron chi connectivity index (χ0n) is 10.8. The number of hydrogen-bond donors (Lipinski definition) is 2. The summed E-state index contributed by atoms with van der Waals surface area (Å²) in [4.78, 5) is 0. The largest absolute Gasteiger partial charge is 0.384 e. The molecular weight excluding hydrogens is 204 g/mol. The lowest BCUT2D eigenvalue weighted by molar-refractivity contribution is 0.128. The minimum atomic E-state index is 0.286. The van der Waals surface area contributed by atoms with E-state index in [4.69, 9.17) is 15.2 Å². The van der Waals surface area contributed by atoms with Gasteiger partial charge in [0.1, 0.15) is 0 Å². The molecule has 3 N–H and O–H groups in total. The molecule has 16 heavy (non-hydrogen) atoms. The molecule has 0 saturated carbocycles. The van der Waals surface area contributed by atoms with Crippen LogP contribution in [-0.4, -0.2) is 46.1 Å². The van der Waals surface area contributed by atoms with Crippen LogP contribution >= 0.6 is 0 Å². The van der Waals surface area contributed by atoms with Gasteiger partial charge in [-0.05, 0) is 12.8 Å². The molecule has 4 heteroatoms. The van der Waals surface area contributed by atoms with Crippen LogP contribution in [0.3, 0.4) is 0 Å². The van der Waals surface area contributed by atoms with Crippen molar-refractivity contribution in [2.24, 2.45) is 11.7 Å². The fourth-order valence-electron chi connectivity index (χ4n) is 1.46. The summed E-state index contributed by atoms with van der Waals surface area (Å²) in [6.07, 6.45) is 0. The maximum atomic E-state index is 5.69. The molecule has 0 amide bonds. The summed E-state index contributed by atoms with van der Waals surface area (Å²) in [6.45, 7) is 11.3. The van der Waals surface area contributed by atoms with Crippen LogP contribution in [0.15, 0.2) is 12.2 Å². The highest BCUT2D eigenvalue weighted by atomic mass is 16.5. The summed E-state index contributed by atoms with van der Waals surface area (Å²) in [5, 5.41) is 3.37. The van der Waals surface area contributed by atoms with Gasteiger partial charge in [0, 0.05) is 26.2 Å². The van der Waals surface area contributed by atoms with Gasteiger partial charge in [0.05, 0.1) is 19.8 Å². The Kier molecular flexibility index (Phi) is 9.52. The number of methoxy groups -OCH3 is 1. The molecule has 0 heterocycles. The van der Waals surface area contributed by atoms with Crippen molar-refractivity contribution in [1.82, 2.24) is 5.32 Å². The summed E-state index contributed by atoms with van der Waals surface area (Å²) >= 11 is 0. The van der Waals surface area contributed by atoms with Crippen molar-refractivity contribution in [3.63, 3.8) is 0 Å². The van der Waals surface area contributed by atoms with Gasteiger partial charge in [-0.15, -0.1) is 0 Å². The molecule has 2 unspecified atom stereocenters. The van der Waals surface area contributed by atoms with E-state index in [1.54, 1.807) is 7.11 Å². The average Bonchev–Trinajstić information content (AvgIpc) is 2.23. The van der Waals surface area contributed by atoms with Crippen molar-refractivity contribution in [2.45, 2.75) is 19.9 Å². The first kappa shape index (κ1) is 15.6. The topological polar surface area (TPSA) is 56.5 Å². The Morgan fingerprint density at radius 3 is 2.69 bits per heavy atom. The molecule has 2 atom stereocenters. The molecule has 0 aromatic heterocycles. The predicted octanol–water partition coefficient (Wildman–Crippen LogP) is 0.779. The van der Waals surface area contributed by atoms with E-state index < -0.39 is 0 Å². The average molecular weight is 230 g/mol. The van der Waals surface area contributed by atoms with Crippen molar-refractivity contribution in [1.29, 1.82) is 0 Å². The summed E-state index contributed by atoms with van der Waals surface area (Å²) in [6, 6.07) is 0.286. The van der Waals surface area contributed by atoms with Gasteiger partial charge in [0.2, 0.25) is 0 Å². The SMILES string of the molecule is C=C(C)COCCNC(CN)C(C)COC. The number of ether oxygens (including phenoxy) is 2. The molecule has 0 saturated heterocycles. The fraction of sp³-hybridized carbons (Fsp3) is 0.833. The first-order valence-corrected chi connectivity index (χ1v) is 5.76. The minimum absolute atomic E-state index is 0.286. The summed E-state index contributed by atoms with van der Waals surface area (Å²) in [5.74, 6) is 0.413. The molecule has 0 spiro atoms. The van der Waals surface area contributed by atoms with Crippen LogP contribution < -0.4 is 11.1 Å². The van der Waals surface area contributed by atoms with Crippen LogP contribution in [0.5, 0.6) is 0 Å². The molecule has 0 aliphatic carbocycles. The Hall–Kier alpha value is -0.420. The van der Waals surface area contributed by atoms with E-state index in [2.05, 4.69) is 18.8 Å². The minimum Gasteiger partial charge on any atom is -0.384 e. The van der Waals surface area contributed by atoms with Crippen LogP contribution in [0, 0.1) is 5.92 Å². The first-order chi connectivity index (χ1) is 7.61. The zero-order chi connectivity index (χ0) is 12.4. The van der Waals surface area contributed by atoms with E-state index >= 15 is 0 Å². The van der Waals surface area contributed by atoms with Crippen molar-refractivity contribution >= 4 is 0 Å². The lowest BCUT2D eigenvalue weighted by atomic mass is 10.0. The quantitative estimate of drug-likeness (QED) is 0.430. The van der Waals surface area contributed by atoms with Crippen molar-refractivity contribution < 1.29 is 9.47 Å². The Labute approximate surface area is 99.2 Å². The lowest BCUT2D eigenvalue weighted by Gasteiger charge is -2.23. The van der Waals surface area contributed by atoms with Crippen LogP contribution in [0.2, 0.25) is 0 Å². The van der Waals surface area contributed by atoms with Gasteiger partial charge >= 0.3 is 0 Å². The molecule has 0 aliphatic heterocycles. The van der Waals surface area contributed by atoms with Gasteiger partial charge in [0.25, 0.3) is 0 Å². The van der Waals surface area contributed by atoms with E-state index in [-0.39, 0.29) is 6.04 Å². The number of nitrogens with one attached hydrogen (secondary N) is 1. The van der Waals surface area contributed by atoms with E-state index in [1.807, 2.05) is 6.92 Å².